The van der Waals surface area contributed by atoms with E-state index in [4.69, 9.17) is 0 Å². The predicted octanol–water partition coefficient (Wildman–Crippen LogP) is 2.62. The fourth-order valence-electron chi connectivity index (χ4n) is 1.58. The van der Waals surface area contributed by atoms with Crippen molar-refractivity contribution in [2.75, 3.05) is 0 Å². The van der Waals surface area contributed by atoms with Gasteiger partial charge in [0.1, 0.15) is 0 Å². The summed E-state index contributed by atoms with van der Waals surface area (Å²) >= 11 is 0. The average molecular weight is 430 g/mol. The van der Waals surface area contributed by atoms with Gasteiger partial charge in [0, 0.05) is 0 Å². The predicted molar refractivity (Wildman–Crippen MR) is 109 cm³/mol. The Morgan fingerprint density at radius 2 is 0.929 bits per heavy atom. The number of benzene rings is 1. The summed E-state index contributed by atoms with van der Waals surface area (Å²) in [5, 5.41) is 40.3. The Bertz CT molecular complexity index is 462. The molecule has 1 aromatic rings. The molecule has 1 rings (SSSR count). The van der Waals surface area contributed by atoms with Crippen molar-refractivity contribution in [2.24, 2.45) is 0 Å². The van der Waals surface area contributed by atoms with E-state index in [0.717, 1.165) is 5.56 Å². The molecule has 1 aromatic carbocycles. The van der Waals surface area contributed by atoms with E-state index in [2.05, 4.69) is 47.6 Å². The zero-order chi connectivity index (χ0) is 22.6. The molecule has 0 bridgehead atoms. The molecule has 28 heavy (non-hydrogen) atoms. The Labute approximate surface area is 189 Å². The van der Waals surface area contributed by atoms with Gasteiger partial charge < -0.3 is 20.4 Å². The zero-order valence-corrected chi connectivity index (χ0v) is 21.7. The summed E-state index contributed by atoms with van der Waals surface area (Å²) in [6.07, 6.45) is -1.25. The molecule has 0 spiro atoms. The first-order chi connectivity index (χ1) is 11.8. The van der Waals surface area contributed by atoms with Crippen molar-refractivity contribution < 1.29 is 42.1 Å². The van der Waals surface area contributed by atoms with E-state index in [1.165, 1.54) is 5.56 Å². The molecule has 0 aliphatic rings. The van der Waals surface area contributed by atoms with Gasteiger partial charge in [-0.2, -0.15) is 0 Å². The Balaban J connectivity index is -0.000000183. The zero-order valence-electron chi connectivity index (χ0n) is 20.1. The molecule has 162 valence electrons. The maximum Gasteiger partial charge on any atom is 4.00 e. The van der Waals surface area contributed by atoms with E-state index in [1.807, 2.05) is 6.07 Å². The second kappa shape index (κ2) is 16.4. The van der Waals surface area contributed by atoms with Crippen molar-refractivity contribution >= 4 is 0 Å². The van der Waals surface area contributed by atoms with Crippen LogP contribution in [0.4, 0.5) is 0 Å². The van der Waals surface area contributed by atoms with E-state index in [0.29, 0.717) is 0 Å². The van der Waals surface area contributed by atoms with Crippen molar-refractivity contribution in [2.45, 2.75) is 112 Å². The SMILES string of the molecule is CC(C)(C)c1ccc([O-])c(C(C)(C)C)c1.CC(C)[O-].CC(C)[O-].CC(C)[O-].[Ti+4]. The smallest absolute Gasteiger partial charge is 0.872 e. The largest absolute Gasteiger partial charge is 4.00 e. The van der Waals surface area contributed by atoms with Gasteiger partial charge >= 0.3 is 21.7 Å². The molecule has 0 saturated carbocycles. The standard InChI is InChI=1S/C14H22O.3C3H7O.Ti/c1-13(2,3)10-7-8-12(15)11(9-10)14(4,5)6;3*1-3(2)4;/h7-9,15H,1-6H3;3*3H,1-2H3;/q;3*-1;+4/p-1. The first-order valence-electron chi connectivity index (χ1n) is 9.61. The van der Waals surface area contributed by atoms with E-state index >= 15 is 0 Å². The van der Waals surface area contributed by atoms with Gasteiger partial charge in [-0.1, -0.05) is 107 Å². The average Bonchev–Trinajstić information content (AvgIpc) is 2.33. The van der Waals surface area contributed by atoms with E-state index in [1.54, 1.807) is 47.6 Å². The maximum atomic E-state index is 11.7. The first kappa shape index (κ1) is 35.1. The van der Waals surface area contributed by atoms with Gasteiger partial charge in [0.05, 0.1) is 0 Å². The minimum atomic E-state index is -0.417. The van der Waals surface area contributed by atoms with Gasteiger partial charge in [0.15, 0.2) is 0 Å². The van der Waals surface area contributed by atoms with Gasteiger partial charge in [-0.15, -0.1) is 24.1 Å². The summed E-state index contributed by atoms with van der Waals surface area (Å²) in [6, 6.07) is 5.70. The van der Waals surface area contributed by atoms with Gasteiger partial charge in [-0.25, -0.2) is 0 Å². The molecule has 0 atom stereocenters. The van der Waals surface area contributed by atoms with E-state index in [-0.39, 0.29) is 38.3 Å². The van der Waals surface area contributed by atoms with E-state index < -0.39 is 18.3 Å². The van der Waals surface area contributed by atoms with Crippen molar-refractivity contribution in [3.63, 3.8) is 0 Å². The summed E-state index contributed by atoms with van der Waals surface area (Å²) < 4.78 is 0. The third-order valence-corrected chi connectivity index (χ3v) is 2.65. The molecule has 0 fully saturated rings. The molecule has 4 nitrogen and oxygen atoms in total. The molecule has 0 saturated heterocycles. The van der Waals surface area contributed by atoms with Crippen molar-refractivity contribution in [3.05, 3.63) is 29.3 Å². The van der Waals surface area contributed by atoms with Crippen LogP contribution in [0.25, 0.3) is 0 Å². The van der Waals surface area contributed by atoms with Crippen LogP contribution in [0.1, 0.15) is 94.2 Å². The van der Waals surface area contributed by atoms with Gasteiger partial charge in [-0.3, -0.25) is 0 Å². The normalized spacial score (nSPS) is 10.8. The molecule has 5 heteroatoms. The third kappa shape index (κ3) is 25.6. The van der Waals surface area contributed by atoms with Crippen LogP contribution >= 0.6 is 0 Å². The van der Waals surface area contributed by atoms with Gasteiger partial charge in [-0.05, 0) is 16.4 Å². The maximum absolute atomic E-state index is 11.7. The quantitative estimate of drug-likeness (QED) is 0.592. The molecule has 0 heterocycles. The second-order valence-corrected chi connectivity index (χ2v) is 9.36. The van der Waals surface area contributed by atoms with Gasteiger partial charge in [0.25, 0.3) is 0 Å². The molecule has 0 aliphatic carbocycles. The third-order valence-electron chi connectivity index (χ3n) is 2.65. The Kier molecular flexibility index (Phi) is 20.6. The minimum Gasteiger partial charge on any atom is -0.872 e. The van der Waals surface area contributed by atoms with E-state index in [9.17, 15) is 20.4 Å². The minimum absolute atomic E-state index is 0. The number of hydrogen-bond acceptors (Lipinski definition) is 4. The van der Waals surface area contributed by atoms with Crippen LogP contribution in [0.2, 0.25) is 0 Å². The summed E-state index contributed by atoms with van der Waals surface area (Å²) in [5.74, 6) is 0.149. The van der Waals surface area contributed by atoms with Crippen LogP contribution in [0.5, 0.6) is 5.75 Å². The summed E-state index contributed by atoms with van der Waals surface area (Å²) in [5.41, 5.74) is 2.17. The van der Waals surface area contributed by atoms with Crippen LogP contribution in [0, 0.1) is 0 Å². The van der Waals surface area contributed by atoms with Crippen LogP contribution in [0.15, 0.2) is 18.2 Å². The fraction of sp³-hybridized carbons (Fsp3) is 0.739. The van der Waals surface area contributed by atoms with Crippen LogP contribution in [-0.2, 0) is 32.5 Å². The Hall–Kier alpha value is -0.386. The molecule has 0 amide bonds. The molecule has 0 unspecified atom stereocenters. The summed E-state index contributed by atoms with van der Waals surface area (Å²) in [4.78, 5) is 0. The Morgan fingerprint density at radius 1 is 0.643 bits per heavy atom. The van der Waals surface area contributed by atoms with Crippen molar-refractivity contribution in [1.82, 2.24) is 0 Å². The molecule has 0 radical (unpaired) electrons. The topological polar surface area (TPSA) is 92.2 Å². The molecular weight excluding hydrogens is 388 g/mol. The van der Waals surface area contributed by atoms with Crippen molar-refractivity contribution in [3.8, 4) is 5.75 Å². The number of hydrogen-bond donors (Lipinski definition) is 0. The van der Waals surface area contributed by atoms with Crippen LogP contribution in [-0.4, -0.2) is 18.3 Å². The monoisotopic (exact) mass is 430 g/mol. The molecular formula is C23H42O4Ti. The molecule has 0 aliphatic heterocycles. The van der Waals surface area contributed by atoms with Crippen molar-refractivity contribution in [1.29, 1.82) is 0 Å². The molecule has 0 aromatic heterocycles. The Morgan fingerprint density at radius 3 is 1.14 bits per heavy atom. The summed E-state index contributed by atoms with van der Waals surface area (Å²) in [7, 11) is 0. The fourth-order valence-corrected chi connectivity index (χ4v) is 1.58. The number of rotatable bonds is 0. The second-order valence-electron chi connectivity index (χ2n) is 9.36. The van der Waals surface area contributed by atoms with Gasteiger partial charge in [0.2, 0.25) is 0 Å². The summed E-state index contributed by atoms with van der Waals surface area (Å²) in [6.45, 7) is 22.4. The first-order valence-corrected chi connectivity index (χ1v) is 9.61. The molecule has 0 N–H and O–H groups in total. The van der Waals surface area contributed by atoms with Crippen LogP contribution < -0.4 is 20.4 Å². The van der Waals surface area contributed by atoms with Crippen LogP contribution in [0.3, 0.4) is 0 Å².